The number of Topliss-reactive ketones (excluding diaryl/α,β-unsaturated/α-hetero) is 1. The van der Waals surface area contributed by atoms with Gasteiger partial charge in [-0.05, 0) is 42.0 Å². The molecule has 0 aliphatic rings. The Morgan fingerprint density at radius 3 is 2.50 bits per heavy atom. The molecule has 2 aromatic heterocycles. The van der Waals surface area contributed by atoms with Crippen molar-refractivity contribution in [1.29, 1.82) is 0 Å². The molecule has 0 spiro atoms. The van der Waals surface area contributed by atoms with Gasteiger partial charge in [0.25, 0.3) is 5.91 Å². The summed E-state index contributed by atoms with van der Waals surface area (Å²) >= 11 is 5.81. The third kappa shape index (κ3) is 5.52. The molecule has 2 aromatic carbocycles. The summed E-state index contributed by atoms with van der Waals surface area (Å²) in [6, 6.07) is 11.1. The highest BCUT2D eigenvalue weighted by atomic mass is 35.5. The second kappa shape index (κ2) is 9.78. The number of nitrogens with zero attached hydrogens (tertiary/aromatic N) is 3. The molecule has 0 aliphatic carbocycles. The summed E-state index contributed by atoms with van der Waals surface area (Å²) in [5.74, 6) is -2.02. The lowest BCUT2D eigenvalue weighted by Gasteiger charge is -2.14. The second-order valence-electron chi connectivity index (χ2n) is 7.58. The third-order valence-electron chi connectivity index (χ3n) is 4.96. The van der Waals surface area contributed by atoms with E-state index >= 15 is 0 Å². The molecule has 0 radical (unpaired) electrons. The van der Waals surface area contributed by atoms with E-state index in [1.165, 1.54) is 35.2 Å². The number of anilines is 3. The zero-order chi connectivity index (χ0) is 26.0. The van der Waals surface area contributed by atoms with E-state index in [2.05, 4.69) is 20.6 Å². The Labute approximate surface area is 206 Å². The van der Waals surface area contributed by atoms with Crippen molar-refractivity contribution in [3.8, 4) is 16.9 Å². The van der Waals surface area contributed by atoms with E-state index < -0.39 is 29.2 Å². The smallest absolute Gasteiger partial charge is 0.324 e. The van der Waals surface area contributed by atoms with Crippen LogP contribution in [0.4, 0.5) is 34.9 Å². The SMILES string of the molecule is CC(=O)C(=O)Nc1cccc(-c2cnc(Nc3ccc(F)c(Cl)c3)nc2-n2ccc(C(F)(F)F)c2)c1. The molecule has 0 unspecified atom stereocenters. The maximum absolute atomic E-state index is 13.5. The summed E-state index contributed by atoms with van der Waals surface area (Å²) in [4.78, 5) is 31.7. The predicted octanol–water partition coefficient (Wildman–Crippen LogP) is 6.02. The molecule has 0 atom stereocenters. The van der Waals surface area contributed by atoms with Crippen molar-refractivity contribution >= 4 is 40.6 Å². The van der Waals surface area contributed by atoms with Crippen LogP contribution in [0.5, 0.6) is 0 Å². The molecular formula is C24H16ClF4N5O2. The van der Waals surface area contributed by atoms with Crippen molar-refractivity contribution < 1.29 is 27.2 Å². The first-order chi connectivity index (χ1) is 17.0. The van der Waals surface area contributed by atoms with E-state index in [0.717, 1.165) is 25.3 Å². The minimum atomic E-state index is -4.57. The van der Waals surface area contributed by atoms with Crippen LogP contribution in [0.2, 0.25) is 5.02 Å². The van der Waals surface area contributed by atoms with E-state index in [4.69, 9.17) is 11.6 Å². The molecule has 4 aromatic rings. The number of amides is 1. The standard InChI is InChI=1S/C24H16ClF4N5O2/c1-13(35)22(36)31-16-4-2-3-14(9-16)18-11-30-23(32-17-5-6-20(26)19(25)10-17)33-21(18)34-8-7-15(12-34)24(27,28)29/h2-12H,1H3,(H,31,36)(H,30,32,33). The number of hydrogen-bond acceptors (Lipinski definition) is 5. The van der Waals surface area contributed by atoms with Gasteiger partial charge in [-0.25, -0.2) is 9.37 Å². The molecule has 0 bridgehead atoms. The molecule has 0 saturated carbocycles. The minimum Gasteiger partial charge on any atom is -0.324 e. The van der Waals surface area contributed by atoms with Gasteiger partial charge in [-0.15, -0.1) is 0 Å². The van der Waals surface area contributed by atoms with Crippen LogP contribution in [0.1, 0.15) is 12.5 Å². The van der Waals surface area contributed by atoms with Gasteiger partial charge in [0.1, 0.15) is 11.6 Å². The van der Waals surface area contributed by atoms with E-state index in [-0.39, 0.29) is 16.8 Å². The first-order valence-electron chi connectivity index (χ1n) is 10.3. The zero-order valence-electron chi connectivity index (χ0n) is 18.4. The fraction of sp³-hybridized carbons (Fsp3) is 0.0833. The number of carbonyl (C=O) groups is 2. The molecule has 0 fully saturated rings. The minimum absolute atomic E-state index is 0.0136. The summed E-state index contributed by atoms with van der Waals surface area (Å²) in [5.41, 5.74) is 0.572. The Morgan fingerprint density at radius 2 is 1.83 bits per heavy atom. The Hall–Kier alpha value is -4.25. The maximum atomic E-state index is 13.5. The van der Waals surface area contributed by atoms with E-state index in [0.29, 0.717) is 22.5 Å². The number of rotatable bonds is 6. The highest BCUT2D eigenvalue weighted by Crippen LogP contribution is 2.33. The number of ketones is 1. The molecule has 2 N–H and O–H groups in total. The van der Waals surface area contributed by atoms with Gasteiger partial charge in [0.05, 0.1) is 10.6 Å². The molecule has 4 rings (SSSR count). The number of halogens is 5. The van der Waals surface area contributed by atoms with E-state index in [9.17, 15) is 27.2 Å². The average Bonchev–Trinajstić information content (AvgIpc) is 3.33. The van der Waals surface area contributed by atoms with Gasteiger partial charge < -0.3 is 15.2 Å². The van der Waals surface area contributed by atoms with Crippen molar-refractivity contribution in [1.82, 2.24) is 14.5 Å². The molecule has 1 amide bonds. The van der Waals surface area contributed by atoms with Gasteiger partial charge in [-0.1, -0.05) is 23.7 Å². The fourth-order valence-corrected chi connectivity index (χ4v) is 3.40. The quantitative estimate of drug-likeness (QED) is 0.241. The monoisotopic (exact) mass is 517 g/mol. The molecule has 0 aliphatic heterocycles. The Balaban J connectivity index is 1.78. The number of carbonyl (C=O) groups excluding carboxylic acids is 2. The number of nitrogens with one attached hydrogen (secondary N) is 2. The number of hydrogen-bond donors (Lipinski definition) is 2. The van der Waals surface area contributed by atoms with Gasteiger partial charge in [0, 0.05) is 42.5 Å². The average molecular weight is 518 g/mol. The second-order valence-corrected chi connectivity index (χ2v) is 7.99. The van der Waals surface area contributed by atoms with E-state index in [1.807, 2.05) is 0 Å². The summed E-state index contributed by atoms with van der Waals surface area (Å²) in [5, 5.41) is 5.16. The Kier molecular flexibility index (Phi) is 6.75. The van der Waals surface area contributed by atoms with Crippen LogP contribution >= 0.6 is 11.6 Å². The molecular weight excluding hydrogens is 502 g/mol. The molecule has 12 heteroatoms. The molecule has 0 saturated heterocycles. The molecule has 7 nitrogen and oxygen atoms in total. The highest BCUT2D eigenvalue weighted by Gasteiger charge is 2.31. The molecule has 36 heavy (non-hydrogen) atoms. The van der Waals surface area contributed by atoms with Crippen LogP contribution in [0.3, 0.4) is 0 Å². The summed E-state index contributed by atoms with van der Waals surface area (Å²) in [6.07, 6.45) is -1.10. The van der Waals surface area contributed by atoms with E-state index in [1.54, 1.807) is 18.2 Å². The predicted molar refractivity (Wildman–Crippen MR) is 126 cm³/mol. The topological polar surface area (TPSA) is 88.9 Å². The fourth-order valence-electron chi connectivity index (χ4n) is 3.22. The normalized spacial score (nSPS) is 11.3. The van der Waals surface area contributed by atoms with Crippen LogP contribution in [0.25, 0.3) is 16.9 Å². The van der Waals surface area contributed by atoms with Gasteiger partial charge in [0.2, 0.25) is 11.7 Å². The van der Waals surface area contributed by atoms with Crippen LogP contribution in [-0.4, -0.2) is 26.2 Å². The first kappa shape index (κ1) is 24.9. The van der Waals surface area contributed by atoms with Gasteiger partial charge >= 0.3 is 6.18 Å². The van der Waals surface area contributed by atoms with Crippen molar-refractivity contribution in [3.05, 3.63) is 83.5 Å². The lowest BCUT2D eigenvalue weighted by molar-refractivity contribution is -0.137. The first-order valence-corrected chi connectivity index (χ1v) is 10.7. The van der Waals surface area contributed by atoms with Crippen molar-refractivity contribution in [3.63, 3.8) is 0 Å². The van der Waals surface area contributed by atoms with Crippen molar-refractivity contribution in [2.24, 2.45) is 0 Å². The Bertz CT molecular complexity index is 1470. The van der Waals surface area contributed by atoms with Crippen LogP contribution in [0, 0.1) is 5.82 Å². The van der Waals surface area contributed by atoms with Crippen LogP contribution in [-0.2, 0) is 15.8 Å². The largest absolute Gasteiger partial charge is 0.417 e. The number of aromatic nitrogens is 3. The molecule has 2 heterocycles. The molecule has 184 valence electrons. The summed E-state index contributed by atoms with van der Waals surface area (Å²) in [7, 11) is 0. The lowest BCUT2D eigenvalue weighted by Crippen LogP contribution is -2.19. The van der Waals surface area contributed by atoms with Crippen LogP contribution in [0.15, 0.2) is 67.1 Å². The third-order valence-corrected chi connectivity index (χ3v) is 5.25. The Morgan fingerprint density at radius 1 is 1.06 bits per heavy atom. The highest BCUT2D eigenvalue weighted by molar-refractivity contribution is 6.39. The lowest BCUT2D eigenvalue weighted by atomic mass is 10.1. The van der Waals surface area contributed by atoms with Crippen molar-refractivity contribution in [2.75, 3.05) is 10.6 Å². The summed E-state index contributed by atoms with van der Waals surface area (Å²) < 4.78 is 54.4. The van der Waals surface area contributed by atoms with Gasteiger partial charge in [-0.3, -0.25) is 9.59 Å². The van der Waals surface area contributed by atoms with Crippen LogP contribution < -0.4 is 10.6 Å². The number of benzene rings is 2. The zero-order valence-corrected chi connectivity index (χ0v) is 19.2. The van der Waals surface area contributed by atoms with Gasteiger partial charge in [-0.2, -0.15) is 18.2 Å². The van der Waals surface area contributed by atoms with Crippen molar-refractivity contribution in [2.45, 2.75) is 13.1 Å². The summed E-state index contributed by atoms with van der Waals surface area (Å²) in [6.45, 7) is 1.12. The maximum Gasteiger partial charge on any atom is 0.417 e. The number of alkyl halides is 3. The van der Waals surface area contributed by atoms with Gasteiger partial charge in [0.15, 0.2) is 0 Å².